The lowest BCUT2D eigenvalue weighted by Gasteiger charge is -2.26. The van der Waals surface area contributed by atoms with E-state index in [0.29, 0.717) is 18.8 Å². The normalized spacial score (nSPS) is 17.0. The van der Waals surface area contributed by atoms with Crippen molar-refractivity contribution in [2.75, 3.05) is 13.2 Å². The van der Waals surface area contributed by atoms with Crippen molar-refractivity contribution < 1.29 is 22.7 Å². The Hall–Kier alpha value is -2.39. The molecule has 0 saturated carbocycles. The van der Waals surface area contributed by atoms with Crippen molar-refractivity contribution in [3.05, 3.63) is 41.6 Å². The highest BCUT2D eigenvalue weighted by atomic mass is 32.2. The minimum Gasteiger partial charge on any atom is -0.493 e. The van der Waals surface area contributed by atoms with Crippen LogP contribution in [0, 0.1) is 0 Å². The SMILES string of the molecule is CCOC(=O)c1cn[nH]c1S(=O)(=O)NC1CCOc2ccccc21. The zero-order valence-electron chi connectivity index (χ0n) is 13.0. The van der Waals surface area contributed by atoms with Crippen LogP contribution in [0.1, 0.15) is 35.3 Å². The largest absolute Gasteiger partial charge is 0.493 e. The van der Waals surface area contributed by atoms with Gasteiger partial charge in [0.15, 0.2) is 5.03 Å². The van der Waals surface area contributed by atoms with Gasteiger partial charge in [0.1, 0.15) is 11.3 Å². The molecule has 0 saturated heterocycles. The van der Waals surface area contributed by atoms with Gasteiger partial charge in [-0.3, -0.25) is 5.10 Å². The molecular weight excluding hydrogens is 334 g/mol. The molecule has 0 aliphatic carbocycles. The van der Waals surface area contributed by atoms with E-state index in [2.05, 4.69) is 14.9 Å². The average Bonchev–Trinajstić information content (AvgIpc) is 3.06. The molecule has 1 aromatic heterocycles. The third-order valence-corrected chi connectivity index (χ3v) is 5.07. The number of nitrogens with one attached hydrogen (secondary N) is 2. The standard InChI is InChI=1S/C15H17N3O5S/c1-2-22-15(19)11-9-16-17-14(11)24(20,21)18-12-7-8-23-13-6-4-3-5-10(12)13/h3-6,9,12,18H,2,7-8H2,1H3,(H,16,17). The van der Waals surface area contributed by atoms with Gasteiger partial charge in [-0.1, -0.05) is 18.2 Å². The molecule has 0 amide bonds. The monoisotopic (exact) mass is 351 g/mol. The molecule has 3 rings (SSSR count). The Labute approximate surface area is 139 Å². The molecule has 2 heterocycles. The Balaban J connectivity index is 1.89. The van der Waals surface area contributed by atoms with Gasteiger partial charge < -0.3 is 9.47 Å². The van der Waals surface area contributed by atoms with Crippen LogP contribution in [0.5, 0.6) is 5.75 Å². The molecule has 1 atom stereocenters. The van der Waals surface area contributed by atoms with E-state index in [9.17, 15) is 13.2 Å². The van der Waals surface area contributed by atoms with E-state index in [4.69, 9.17) is 9.47 Å². The van der Waals surface area contributed by atoms with Crippen LogP contribution in [-0.2, 0) is 14.8 Å². The van der Waals surface area contributed by atoms with Crippen LogP contribution in [0.2, 0.25) is 0 Å². The summed E-state index contributed by atoms with van der Waals surface area (Å²) in [6, 6.07) is 6.79. The Bertz CT molecular complexity index is 846. The Kier molecular flexibility index (Phi) is 4.54. The minimum absolute atomic E-state index is 0.121. The number of para-hydroxylation sites is 1. The maximum absolute atomic E-state index is 12.7. The number of hydrogen-bond donors (Lipinski definition) is 2. The highest BCUT2D eigenvalue weighted by Crippen LogP contribution is 2.32. The summed E-state index contributed by atoms with van der Waals surface area (Å²) in [6.45, 7) is 2.19. The summed E-state index contributed by atoms with van der Waals surface area (Å²) < 4.78 is 38.3. The van der Waals surface area contributed by atoms with Crippen molar-refractivity contribution in [3.63, 3.8) is 0 Å². The van der Waals surface area contributed by atoms with Crippen LogP contribution in [0.3, 0.4) is 0 Å². The second-order valence-electron chi connectivity index (χ2n) is 5.18. The van der Waals surface area contributed by atoms with Gasteiger partial charge in [0.05, 0.1) is 25.5 Å². The molecule has 1 unspecified atom stereocenters. The molecule has 2 N–H and O–H groups in total. The highest BCUT2D eigenvalue weighted by molar-refractivity contribution is 7.89. The smallest absolute Gasteiger partial charge is 0.342 e. The third-order valence-electron chi connectivity index (χ3n) is 3.62. The molecule has 0 radical (unpaired) electrons. The van der Waals surface area contributed by atoms with E-state index < -0.39 is 22.0 Å². The number of carbonyl (C=O) groups is 1. The predicted molar refractivity (Wildman–Crippen MR) is 84.2 cm³/mol. The first-order valence-corrected chi connectivity index (χ1v) is 8.96. The van der Waals surface area contributed by atoms with E-state index in [1.807, 2.05) is 12.1 Å². The number of aromatic amines is 1. The maximum Gasteiger partial charge on any atom is 0.342 e. The quantitative estimate of drug-likeness (QED) is 0.788. The first-order valence-electron chi connectivity index (χ1n) is 7.47. The number of fused-ring (bicyclic) bond motifs is 1. The molecule has 0 bridgehead atoms. The van der Waals surface area contributed by atoms with Crippen LogP contribution < -0.4 is 9.46 Å². The van der Waals surface area contributed by atoms with Gasteiger partial charge in [0, 0.05) is 12.0 Å². The van der Waals surface area contributed by atoms with Gasteiger partial charge in [0.25, 0.3) is 10.0 Å². The van der Waals surface area contributed by atoms with Crippen molar-refractivity contribution in [3.8, 4) is 5.75 Å². The Morgan fingerprint density at radius 2 is 2.25 bits per heavy atom. The van der Waals surface area contributed by atoms with Crippen LogP contribution in [0.4, 0.5) is 0 Å². The van der Waals surface area contributed by atoms with Crippen LogP contribution in [0.25, 0.3) is 0 Å². The lowest BCUT2D eigenvalue weighted by molar-refractivity contribution is 0.0521. The van der Waals surface area contributed by atoms with Gasteiger partial charge in [-0.25, -0.2) is 17.9 Å². The molecule has 1 aromatic carbocycles. The highest BCUT2D eigenvalue weighted by Gasteiger charge is 2.31. The van der Waals surface area contributed by atoms with E-state index in [0.717, 1.165) is 11.8 Å². The second kappa shape index (κ2) is 6.62. The first-order chi connectivity index (χ1) is 11.5. The van der Waals surface area contributed by atoms with Gasteiger partial charge in [-0.05, 0) is 13.0 Å². The summed E-state index contributed by atoms with van der Waals surface area (Å²) in [5, 5.41) is 5.72. The molecule has 128 valence electrons. The van der Waals surface area contributed by atoms with E-state index in [-0.39, 0.29) is 17.2 Å². The third kappa shape index (κ3) is 3.13. The zero-order chi connectivity index (χ0) is 17.2. The summed E-state index contributed by atoms with van der Waals surface area (Å²) in [5.41, 5.74) is 0.634. The number of aromatic nitrogens is 2. The summed E-state index contributed by atoms with van der Waals surface area (Å²) in [4.78, 5) is 11.9. The summed E-state index contributed by atoms with van der Waals surface area (Å²) >= 11 is 0. The van der Waals surface area contributed by atoms with E-state index >= 15 is 0 Å². The second-order valence-corrected chi connectivity index (χ2v) is 6.83. The van der Waals surface area contributed by atoms with Crippen molar-refractivity contribution >= 4 is 16.0 Å². The van der Waals surface area contributed by atoms with Crippen molar-refractivity contribution in [1.29, 1.82) is 0 Å². The number of esters is 1. The molecule has 0 spiro atoms. The zero-order valence-corrected chi connectivity index (χ0v) is 13.8. The number of rotatable bonds is 5. The average molecular weight is 351 g/mol. The number of nitrogens with zero attached hydrogens (tertiary/aromatic N) is 1. The van der Waals surface area contributed by atoms with Crippen LogP contribution in [0.15, 0.2) is 35.5 Å². The number of H-pyrrole nitrogens is 1. The maximum atomic E-state index is 12.7. The van der Waals surface area contributed by atoms with Crippen molar-refractivity contribution in [2.45, 2.75) is 24.4 Å². The Morgan fingerprint density at radius 3 is 3.04 bits per heavy atom. The summed E-state index contributed by atoms with van der Waals surface area (Å²) in [7, 11) is -3.98. The fraction of sp³-hybridized carbons (Fsp3) is 0.333. The molecule has 8 nitrogen and oxygen atoms in total. The number of ether oxygens (including phenoxy) is 2. The van der Waals surface area contributed by atoms with Gasteiger partial charge in [-0.15, -0.1) is 0 Å². The molecule has 0 fully saturated rings. The molecule has 9 heteroatoms. The number of sulfonamides is 1. The van der Waals surface area contributed by atoms with Crippen LogP contribution >= 0.6 is 0 Å². The molecule has 1 aliphatic heterocycles. The Morgan fingerprint density at radius 1 is 1.46 bits per heavy atom. The topological polar surface area (TPSA) is 110 Å². The number of hydrogen-bond acceptors (Lipinski definition) is 6. The fourth-order valence-electron chi connectivity index (χ4n) is 2.54. The summed E-state index contributed by atoms with van der Waals surface area (Å²) in [6.07, 6.45) is 1.63. The number of benzene rings is 1. The van der Waals surface area contributed by atoms with E-state index in [1.54, 1.807) is 19.1 Å². The first kappa shape index (κ1) is 16.5. The lowest BCUT2D eigenvalue weighted by Crippen LogP contribution is -2.33. The van der Waals surface area contributed by atoms with Crippen LogP contribution in [-0.4, -0.2) is 37.8 Å². The van der Waals surface area contributed by atoms with Crippen molar-refractivity contribution in [2.24, 2.45) is 0 Å². The van der Waals surface area contributed by atoms with E-state index in [1.165, 1.54) is 0 Å². The van der Waals surface area contributed by atoms with Gasteiger partial charge in [0.2, 0.25) is 0 Å². The lowest BCUT2D eigenvalue weighted by atomic mass is 10.0. The molecule has 1 aliphatic rings. The minimum atomic E-state index is -3.98. The molecule has 2 aromatic rings. The summed E-state index contributed by atoms with van der Waals surface area (Å²) in [5.74, 6) is -0.0920. The van der Waals surface area contributed by atoms with Gasteiger partial charge in [-0.2, -0.15) is 5.10 Å². The molecular formula is C15H17N3O5S. The molecule has 24 heavy (non-hydrogen) atoms. The van der Waals surface area contributed by atoms with Crippen molar-refractivity contribution in [1.82, 2.24) is 14.9 Å². The fourth-order valence-corrected chi connectivity index (χ4v) is 3.88. The predicted octanol–water partition coefficient (Wildman–Crippen LogP) is 1.39. The number of carbonyl (C=O) groups excluding carboxylic acids is 1. The van der Waals surface area contributed by atoms with Gasteiger partial charge >= 0.3 is 5.97 Å².